The Morgan fingerprint density at radius 1 is 1.25 bits per heavy atom. The Morgan fingerprint density at radius 3 is 2.70 bits per heavy atom. The smallest absolute Gasteiger partial charge is 0.148 e. The van der Waals surface area contributed by atoms with Crippen molar-refractivity contribution < 1.29 is 0 Å². The first-order valence-electron chi connectivity index (χ1n) is 6.57. The molecule has 7 nitrogen and oxygen atoms in total. The lowest BCUT2D eigenvalue weighted by atomic mass is 10.2. The summed E-state index contributed by atoms with van der Waals surface area (Å²) >= 11 is 0. The molecule has 0 amide bonds. The molecule has 2 aromatic rings. The Morgan fingerprint density at radius 2 is 2.05 bits per heavy atom. The summed E-state index contributed by atoms with van der Waals surface area (Å²) in [5.74, 6) is 7.70. The van der Waals surface area contributed by atoms with Gasteiger partial charge >= 0.3 is 0 Å². The van der Waals surface area contributed by atoms with E-state index in [1.807, 2.05) is 13.0 Å². The van der Waals surface area contributed by atoms with Crippen LogP contribution in [-0.4, -0.2) is 19.9 Å². The normalized spacial score (nSPS) is 10.3. The average Bonchev–Trinajstić information content (AvgIpc) is 2.48. The van der Waals surface area contributed by atoms with Crippen LogP contribution in [0.15, 0.2) is 18.6 Å². The summed E-state index contributed by atoms with van der Waals surface area (Å²) < 4.78 is 0. The second-order valence-electron chi connectivity index (χ2n) is 4.41. The number of nitrogen functional groups attached to an aromatic ring is 1. The number of hydrogen-bond donors (Lipinski definition) is 3. The zero-order valence-corrected chi connectivity index (χ0v) is 11.7. The van der Waals surface area contributed by atoms with Gasteiger partial charge < -0.3 is 10.7 Å². The van der Waals surface area contributed by atoms with E-state index in [9.17, 15) is 0 Å². The highest BCUT2D eigenvalue weighted by atomic mass is 15.3. The van der Waals surface area contributed by atoms with E-state index in [2.05, 4.69) is 37.6 Å². The molecule has 2 aromatic heterocycles. The highest BCUT2D eigenvalue weighted by molar-refractivity contribution is 5.56. The maximum absolute atomic E-state index is 5.50. The van der Waals surface area contributed by atoms with Gasteiger partial charge in [-0.15, -0.1) is 0 Å². The van der Waals surface area contributed by atoms with Gasteiger partial charge in [0.1, 0.15) is 23.8 Å². The zero-order chi connectivity index (χ0) is 14.4. The van der Waals surface area contributed by atoms with Crippen LogP contribution in [0.4, 0.5) is 11.6 Å². The largest absolute Gasteiger partial charge is 0.364 e. The van der Waals surface area contributed by atoms with E-state index in [4.69, 9.17) is 5.84 Å². The fourth-order valence-electron chi connectivity index (χ4n) is 1.81. The molecule has 0 unspecified atom stereocenters. The number of hydrogen-bond acceptors (Lipinski definition) is 7. The zero-order valence-electron chi connectivity index (χ0n) is 11.7. The van der Waals surface area contributed by atoms with Crippen molar-refractivity contribution in [2.45, 2.75) is 33.2 Å². The van der Waals surface area contributed by atoms with Crippen molar-refractivity contribution in [2.75, 3.05) is 10.7 Å². The minimum absolute atomic E-state index is 0.579. The van der Waals surface area contributed by atoms with Crippen molar-refractivity contribution >= 4 is 11.6 Å². The second kappa shape index (κ2) is 6.76. The van der Waals surface area contributed by atoms with Crippen LogP contribution in [0.5, 0.6) is 0 Å². The molecule has 0 radical (unpaired) electrons. The van der Waals surface area contributed by atoms with Crippen molar-refractivity contribution in [3.63, 3.8) is 0 Å². The first-order valence-corrected chi connectivity index (χ1v) is 6.57. The predicted octanol–water partition coefficient (Wildman–Crippen LogP) is 1.43. The van der Waals surface area contributed by atoms with Gasteiger partial charge in [-0.05, 0) is 19.4 Å². The van der Waals surface area contributed by atoms with Crippen LogP contribution in [0.25, 0.3) is 0 Å². The number of aromatic nitrogens is 4. The van der Waals surface area contributed by atoms with Gasteiger partial charge in [0.2, 0.25) is 0 Å². The maximum Gasteiger partial charge on any atom is 0.148 e. The van der Waals surface area contributed by atoms with E-state index >= 15 is 0 Å². The average molecular weight is 273 g/mol. The van der Waals surface area contributed by atoms with E-state index in [0.717, 1.165) is 35.7 Å². The molecule has 106 valence electrons. The lowest BCUT2D eigenvalue weighted by Gasteiger charge is -2.13. The summed E-state index contributed by atoms with van der Waals surface area (Å²) in [7, 11) is 0. The summed E-state index contributed by atoms with van der Waals surface area (Å²) in [6, 6.07) is 1.86. The molecule has 0 aliphatic carbocycles. The van der Waals surface area contributed by atoms with Gasteiger partial charge in [0.15, 0.2) is 0 Å². The fourth-order valence-corrected chi connectivity index (χ4v) is 1.81. The number of nitrogens with zero attached hydrogens (tertiary/aromatic N) is 4. The molecule has 7 heteroatoms. The van der Waals surface area contributed by atoms with Crippen LogP contribution in [0.1, 0.15) is 30.4 Å². The SMILES string of the molecule is CCCc1nc(NN)c(C)c(NCc2ccncn2)n1. The molecule has 4 N–H and O–H groups in total. The van der Waals surface area contributed by atoms with Crippen molar-refractivity contribution in [2.24, 2.45) is 5.84 Å². The van der Waals surface area contributed by atoms with Crippen LogP contribution in [0.3, 0.4) is 0 Å². The summed E-state index contributed by atoms with van der Waals surface area (Å²) in [5, 5.41) is 3.27. The quantitative estimate of drug-likeness (QED) is 0.540. The Hall–Kier alpha value is -2.28. The molecular formula is C13H19N7. The number of rotatable bonds is 6. The number of anilines is 2. The molecule has 2 heterocycles. The van der Waals surface area contributed by atoms with Crippen molar-refractivity contribution in [1.82, 2.24) is 19.9 Å². The van der Waals surface area contributed by atoms with E-state index < -0.39 is 0 Å². The maximum atomic E-state index is 5.50. The topological polar surface area (TPSA) is 102 Å². The highest BCUT2D eigenvalue weighted by Gasteiger charge is 2.09. The third-order valence-electron chi connectivity index (χ3n) is 2.88. The van der Waals surface area contributed by atoms with Crippen LogP contribution < -0.4 is 16.6 Å². The Bertz CT molecular complexity index is 556. The van der Waals surface area contributed by atoms with Gasteiger partial charge in [0, 0.05) is 18.2 Å². The molecular weight excluding hydrogens is 254 g/mol. The van der Waals surface area contributed by atoms with Crippen LogP contribution in [-0.2, 0) is 13.0 Å². The number of nitrogens with two attached hydrogens (primary N) is 1. The first kappa shape index (κ1) is 14.1. The molecule has 0 saturated carbocycles. The minimum atomic E-state index is 0.579. The Labute approximate surface area is 118 Å². The van der Waals surface area contributed by atoms with Crippen molar-refractivity contribution in [3.8, 4) is 0 Å². The standard InChI is InChI=1S/C13H19N7/c1-3-4-11-18-12(9(2)13(19-11)20-14)16-7-10-5-6-15-8-17-10/h5-6,8H,3-4,7,14H2,1-2H3,(H2,16,18,19,20). The molecule has 0 atom stereocenters. The van der Waals surface area contributed by atoms with Gasteiger partial charge in [0.25, 0.3) is 0 Å². The Balaban J connectivity index is 2.19. The molecule has 0 aliphatic rings. The highest BCUT2D eigenvalue weighted by Crippen LogP contribution is 2.20. The van der Waals surface area contributed by atoms with Crippen molar-refractivity contribution in [3.05, 3.63) is 35.7 Å². The lowest BCUT2D eigenvalue weighted by Crippen LogP contribution is -2.15. The lowest BCUT2D eigenvalue weighted by molar-refractivity contribution is 0.829. The van der Waals surface area contributed by atoms with Crippen LogP contribution in [0.2, 0.25) is 0 Å². The third kappa shape index (κ3) is 3.39. The number of aryl methyl sites for hydroxylation is 1. The van der Waals surface area contributed by atoms with Gasteiger partial charge in [-0.1, -0.05) is 6.92 Å². The fraction of sp³-hybridized carbons (Fsp3) is 0.385. The first-order chi connectivity index (χ1) is 9.74. The number of nitrogens with one attached hydrogen (secondary N) is 2. The van der Waals surface area contributed by atoms with E-state index in [1.54, 1.807) is 6.20 Å². The molecule has 0 spiro atoms. The predicted molar refractivity (Wildman–Crippen MR) is 77.9 cm³/mol. The van der Waals surface area contributed by atoms with Gasteiger partial charge in [-0.2, -0.15) is 0 Å². The summed E-state index contributed by atoms with van der Waals surface area (Å²) in [6.45, 7) is 4.59. The molecule has 0 aliphatic heterocycles. The van der Waals surface area contributed by atoms with E-state index in [-0.39, 0.29) is 0 Å². The van der Waals surface area contributed by atoms with Gasteiger partial charge in [-0.25, -0.2) is 25.8 Å². The van der Waals surface area contributed by atoms with E-state index in [1.165, 1.54) is 6.33 Å². The Kier molecular flexibility index (Phi) is 4.78. The molecule has 20 heavy (non-hydrogen) atoms. The van der Waals surface area contributed by atoms with E-state index in [0.29, 0.717) is 12.4 Å². The molecule has 0 fully saturated rings. The molecule has 0 aromatic carbocycles. The number of hydrazine groups is 1. The summed E-state index contributed by atoms with van der Waals surface area (Å²) in [4.78, 5) is 17.0. The van der Waals surface area contributed by atoms with Gasteiger partial charge in [0.05, 0.1) is 12.2 Å². The minimum Gasteiger partial charge on any atom is -0.364 e. The monoisotopic (exact) mass is 273 g/mol. The molecule has 0 saturated heterocycles. The third-order valence-corrected chi connectivity index (χ3v) is 2.88. The van der Waals surface area contributed by atoms with Crippen molar-refractivity contribution in [1.29, 1.82) is 0 Å². The van der Waals surface area contributed by atoms with Gasteiger partial charge in [-0.3, -0.25) is 0 Å². The summed E-state index contributed by atoms with van der Waals surface area (Å²) in [6.07, 6.45) is 5.04. The second-order valence-corrected chi connectivity index (χ2v) is 4.41. The van der Waals surface area contributed by atoms with Crippen LogP contribution >= 0.6 is 0 Å². The molecule has 2 rings (SSSR count). The summed E-state index contributed by atoms with van der Waals surface area (Å²) in [5.41, 5.74) is 4.41. The van der Waals surface area contributed by atoms with Crippen LogP contribution in [0, 0.1) is 6.92 Å². The molecule has 0 bridgehead atoms.